The first-order valence-corrected chi connectivity index (χ1v) is 6.86. The fraction of sp³-hybridized carbons (Fsp3) is 0.571. The standard InChI is InChI=1S/C14H18ClNO/c15-13-6-1-2-7-14(13)17-12-8-10-4-3-5-11(9-12)16-10/h1-2,6-7,10-12,16H,3-5,8-9H2/t10-,11+,12-. The molecule has 2 aliphatic rings. The summed E-state index contributed by atoms with van der Waals surface area (Å²) in [5.41, 5.74) is 0. The largest absolute Gasteiger partial charge is 0.489 e. The van der Waals surface area contributed by atoms with Crippen LogP contribution in [0.3, 0.4) is 0 Å². The van der Waals surface area contributed by atoms with Crippen LogP contribution in [-0.2, 0) is 0 Å². The van der Waals surface area contributed by atoms with Crippen molar-refractivity contribution in [1.29, 1.82) is 0 Å². The zero-order valence-corrected chi connectivity index (χ0v) is 10.6. The SMILES string of the molecule is Clc1ccccc1O[C@@H]1C[C@H]2CCC[C@@H](C1)N2. The highest BCUT2D eigenvalue weighted by atomic mass is 35.5. The molecule has 2 fully saturated rings. The topological polar surface area (TPSA) is 21.3 Å². The van der Waals surface area contributed by atoms with Crippen LogP contribution in [0, 0.1) is 0 Å². The molecule has 2 heterocycles. The molecule has 0 amide bonds. The lowest BCUT2D eigenvalue weighted by molar-refractivity contribution is 0.0928. The molecule has 1 aromatic carbocycles. The van der Waals surface area contributed by atoms with E-state index in [0.29, 0.717) is 18.2 Å². The number of benzene rings is 1. The number of rotatable bonds is 2. The Kier molecular flexibility index (Phi) is 3.26. The highest BCUT2D eigenvalue weighted by molar-refractivity contribution is 6.32. The predicted molar refractivity (Wildman–Crippen MR) is 69.7 cm³/mol. The summed E-state index contributed by atoms with van der Waals surface area (Å²) >= 11 is 6.12. The van der Waals surface area contributed by atoms with Crippen molar-refractivity contribution in [1.82, 2.24) is 5.32 Å². The van der Waals surface area contributed by atoms with Gasteiger partial charge >= 0.3 is 0 Å². The summed E-state index contributed by atoms with van der Waals surface area (Å²) in [6.45, 7) is 0. The lowest BCUT2D eigenvalue weighted by atomic mass is 9.85. The Morgan fingerprint density at radius 2 is 1.82 bits per heavy atom. The molecule has 0 saturated carbocycles. The zero-order valence-electron chi connectivity index (χ0n) is 9.86. The third-order valence-corrected chi connectivity index (χ3v) is 4.11. The maximum atomic E-state index is 6.12. The Labute approximate surface area is 107 Å². The number of hydrogen-bond acceptors (Lipinski definition) is 2. The van der Waals surface area contributed by atoms with Crippen molar-refractivity contribution in [2.75, 3.05) is 0 Å². The lowest BCUT2D eigenvalue weighted by Crippen LogP contribution is -2.51. The number of fused-ring (bicyclic) bond motifs is 2. The van der Waals surface area contributed by atoms with E-state index in [1.54, 1.807) is 0 Å². The second-order valence-electron chi connectivity index (χ2n) is 5.13. The molecule has 1 aromatic rings. The maximum Gasteiger partial charge on any atom is 0.138 e. The highest BCUT2D eigenvalue weighted by Gasteiger charge is 2.32. The minimum Gasteiger partial charge on any atom is -0.489 e. The summed E-state index contributed by atoms with van der Waals surface area (Å²) in [5.74, 6) is 0.833. The second kappa shape index (κ2) is 4.87. The smallest absolute Gasteiger partial charge is 0.138 e. The number of para-hydroxylation sites is 1. The van der Waals surface area contributed by atoms with Crippen LogP contribution >= 0.6 is 11.6 Å². The molecule has 0 spiro atoms. The highest BCUT2D eigenvalue weighted by Crippen LogP contribution is 2.31. The molecule has 0 radical (unpaired) electrons. The van der Waals surface area contributed by atoms with Crippen LogP contribution in [0.25, 0.3) is 0 Å². The van der Waals surface area contributed by atoms with E-state index >= 15 is 0 Å². The van der Waals surface area contributed by atoms with Crippen molar-refractivity contribution < 1.29 is 4.74 Å². The van der Waals surface area contributed by atoms with E-state index in [2.05, 4.69) is 5.32 Å². The monoisotopic (exact) mass is 251 g/mol. The minimum absolute atomic E-state index is 0.325. The van der Waals surface area contributed by atoms with Crippen LogP contribution in [0.2, 0.25) is 5.02 Å². The molecule has 2 saturated heterocycles. The molecule has 17 heavy (non-hydrogen) atoms. The van der Waals surface area contributed by atoms with Crippen molar-refractivity contribution in [3.8, 4) is 5.75 Å². The van der Waals surface area contributed by atoms with Gasteiger partial charge in [0.25, 0.3) is 0 Å². The number of nitrogens with one attached hydrogen (secondary N) is 1. The summed E-state index contributed by atoms with van der Waals surface area (Å²) in [5, 5.41) is 4.39. The summed E-state index contributed by atoms with van der Waals surface area (Å²) < 4.78 is 6.05. The molecule has 92 valence electrons. The predicted octanol–water partition coefficient (Wildman–Crippen LogP) is 3.39. The first kappa shape index (κ1) is 11.4. The van der Waals surface area contributed by atoms with Gasteiger partial charge in [0.1, 0.15) is 11.9 Å². The van der Waals surface area contributed by atoms with E-state index < -0.39 is 0 Å². The quantitative estimate of drug-likeness (QED) is 0.870. The van der Waals surface area contributed by atoms with E-state index in [1.165, 1.54) is 19.3 Å². The van der Waals surface area contributed by atoms with Gasteiger partial charge in [0.15, 0.2) is 0 Å². The minimum atomic E-state index is 0.325. The van der Waals surface area contributed by atoms with Gasteiger partial charge in [-0.05, 0) is 37.8 Å². The normalized spacial score (nSPS) is 32.2. The van der Waals surface area contributed by atoms with E-state index in [4.69, 9.17) is 16.3 Å². The molecular formula is C14H18ClNO. The van der Waals surface area contributed by atoms with Crippen molar-refractivity contribution in [2.45, 2.75) is 50.3 Å². The van der Waals surface area contributed by atoms with Crippen molar-refractivity contribution in [2.24, 2.45) is 0 Å². The van der Waals surface area contributed by atoms with Crippen LogP contribution in [0.4, 0.5) is 0 Å². The average Bonchev–Trinajstić information content (AvgIpc) is 2.32. The van der Waals surface area contributed by atoms with E-state index in [-0.39, 0.29) is 0 Å². The molecule has 2 aliphatic heterocycles. The Morgan fingerprint density at radius 1 is 1.12 bits per heavy atom. The molecule has 0 aromatic heterocycles. The van der Waals surface area contributed by atoms with E-state index in [0.717, 1.165) is 23.6 Å². The van der Waals surface area contributed by atoms with Crippen molar-refractivity contribution in [3.63, 3.8) is 0 Å². The van der Waals surface area contributed by atoms with E-state index in [1.807, 2.05) is 24.3 Å². The van der Waals surface area contributed by atoms with Gasteiger partial charge in [-0.25, -0.2) is 0 Å². The number of halogens is 1. The molecule has 0 unspecified atom stereocenters. The Balaban J connectivity index is 1.68. The third kappa shape index (κ3) is 2.58. The van der Waals surface area contributed by atoms with Crippen LogP contribution < -0.4 is 10.1 Å². The number of ether oxygens (including phenoxy) is 1. The van der Waals surface area contributed by atoms with Gasteiger partial charge < -0.3 is 10.1 Å². The maximum absolute atomic E-state index is 6.12. The van der Waals surface area contributed by atoms with Crippen molar-refractivity contribution >= 4 is 11.6 Å². The van der Waals surface area contributed by atoms with Gasteiger partial charge in [0.2, 0.25) is 0 Å². The van der Waals surface area contributed by atoms with Crippen molar-refractivity contribution in [3.05, 3.63) is 29.3 Å². The Hall–Kier alpha value is -0.730. The average molecular weight is 252 g/mol. The first-order chi connectivity index (χ1) is 8.31. The molecule has 2 bridgehead atoms. The summed E-state index contributed by atoms with van der Waals surface area (Å²) in [4.78, 5) is 0. The van der Waals surface area contributed by atoms with Gasteiger partial charge in [-0.2, -0.15) is 0 Å². The summed E-state index contributed by atoms with van der Waals surface area (Å²) in [6, 6.07) is 9.05. The van der Waals surface area contributed by atoms with Gasteiger partial charge in [-0.3, -0.25) is 0 Å². The van der Waals surface area contributed by atoms with Gasteiger partial charge in [0.05, 0.1) is 5.02 Å². The first-order valence-electron chi connectivity index (χ1n) is 6.48. The molecule has 0 aliphatic carbocycles. The molecule has 3 atom stereocenters. The fourth-order valence-electron chi connectivity index (χ4n) is 3.03. The van der Waals surface area contributed by atoms with Crippen LogP contribution in [0.15, 0.2) is 24.3 Å². The Bertz CT molecular complexity index is 384. The van der Waals surface area contributed by atoms with Gasteiger partial charge in [0, 0.05) is 12.1 Å². The summed E-state index contributed by atoms with van der Waals surface area (Å²) in [7, 11) is 0. The second-order valence-corrected chi connectivity index (χ2v) is 5.54. The molecular weight excluding hydrogens is 234 g/mol. The fourth-order valence-corrected chi connectivity index (χ4v) is 3.21. The van der Waals surface area contributed by atoms with Crippen LogP contribution in [-0.4, -0.2) is 18.2 Å². The lowest BCUT2D eigenvalue weighted by Gasteiger charge is -2.40. The molecule has 1 N–H and O–H groups in total. The molecule has 3 heteroatoms. The van der Waals surface area contributed by atoms with Gasteiger partial charge in [-0.15, -0.1) is 0 Å². The molecule has 2 nitrogen and oxygen atoms in total. The van der Waals surface area contributed by atoms with Crippen LogP contribution in [0.5, 0.6) is 5.75 Å². The van der Waals surface area contributed by atoms with Crippen LogP contribution in [0.1, 0.15) is 32.1 Å². The third-order valence-electron chi connectivity index (χ3n) is 3.80. The van der Waals surface area contributed by atoms with E-state index in [9.17, 15) is 0 Å². The van der Waals surface area contributed by atoms with Gasteiger partial charge in [-0.1, -0.05) is 30.2 Å². The summed E-state index contributed by atoms with van der Waals surface area (Å²) in [6.07, 6.45) is 6.49. The number of hydrogen-bond donors (Lipinski definition) is 1. The number of piperidine rings is 2. The molecule has 3 rings (SSSR count). The Morgan fingerprint density at radius 3 is 2.53 bits per heavy atom. The zero-order chi connectivity index (χ0) is 11.7.